The average Bonchev–Trinajstić information content (AvgIpc) is 2.71. The minimum absolute atomic E-state index is 0.0181. The molecule has 122 valence electrons. The molecule has 0 spiro atoms. The Hall–Kier alpha value is -0.650. The highest BCUT2D eigenvalue weighted by Gasteiger charge is 2.38. The average molecular weight is 327 g/mol. The molecule has 3 atom stereocenters. The first-order chi connectivity index (χ1) is 10.4. The first-order valence-corrected chi connectivity index (χ1v) is 8.19. The van der Waals surface area contributed by atoms with Crippen LogP contribution in [0.15, 0.2) is 18.2 Å². The molecule has 0 aromatic heterocycles. The lowest BCUT2D eigenvalue weighted by atomic mass is 9.99. The lowest BCUT2D eigenvalue weighted by Gasteiger charge is -2.31. The van der Waals surface area contributed by atoms with Gasteiger partial charge in [-0.15, -0.1) is 0 Å². The standard InChI is InChI=1S/C17H23ClO4/c1-11-10-20-16(22-17(2,3)21-11)15-14-7-6-13(18)9-12(14)5-4-8-19-15/h6-7,9,11,15-16H,4-5,8,10H2,1-3H3. The normalized spacial score (nSPS) is 31.9. The summed E-state index contributed by atoms with van der Waals surface area (Å²) < 4.78 is 23.9. The van der Waals surface area contributed by atoms with E-state index in [9.17, 15) is 0 Å². The second kappa shape index (κ2) is 6.46. The van der Waals surface area contributed by atoms with Crippen molar-refractivity contribution < 1.29 is 18.9 Å². The summed E-state index contributed by atoms with van der Waals surface area (Å²) in [6, 6.07) is 5.92. The van der Waals surface area contributed by atoms with Gasteiger partial charge in [0.25, 0.3) is 0 Å². The van der Waals surface area contributed by atoms with Crippen molar-refractivity contribution in [2.24, 2.45) is 0 Å². The van der Waals surface area contributed by atoms with Gasteiger partial charge in [-0.3, -0.25) is 0 Å². The first-order valence-electron chi connectivity index (χ1n) is 7.82. The van der Waals surface area contributed by atoms with E-state index < -0.39 is 12.1 Å². The molecule has 22 heavy (non-hydrogen) atoms. The highest BCUT2D eigenvalue weighted by molar-refractivity contribution is 6.30. The van der Waals surface area contributed by atoms with Crippen molar-refractivity contribution in [3.63, 3.8) is 0 Å². The summed E-state index contributed by atoms with van der Waals surface area (Å²) in [5.41, 5.74) is 2.30. The SMILES string of the molecule is CC1COC(C2OCCCc3cc(Cl)ccc32)OC(C)(C)O1. The highest BCUT2D eigenvalue weighted by atomic mass is 35.5. The van der Waals surface area contributed by atoms with E-state index in [4.69, 9.17) is 30.5 Å². The van der Waals surface area contributed by atoms with Gasteiger partial charge in [0.1, 0.15) is 6.10 Å². The van der Waals surface area contributed by atoms with Gasteiger partial charge in [-0.25, -0.2) is 0 Å². The Morgan fingerprint density at radius 3 is 2.82 bits per heavy atom. The molecular weight excluding hydrogens is 304 g/mol. The van der Waals surface area contributed by atoms with Crippen molar-refractivity contribution in [2.45, 2.75) is 57.9 Å². The molecule has 1 saturated heterocycles. The predicted molar refractivity (Wildman–Crippen MR) is 83.9 cm³/mol. The van der Waals surface area contributed by atoms with E-state index in [2.05, 4.69) is 0 Å². The predicted octanol–water partition coefficient (Wildman–Crippen LogP) is 3.86. The fourth-order valence-electron chi connectivity index (χ4n) is 3.10. The summed E-state index contributed by atoms with van der Waals surface area (Å²) in [4.78, 5) is 0. The molecule has 0 bridgehead atoms. The molecule has 2 heterocycles. The zero-order valence-electron chi connectivity index (χ0n) is 13.3. The monoisotopic (exact) mass is 326 g/mol. The van der Waals surface area contributed by atoms with Gasteiger partial charge < -0.3 is 18.9 Å². The largest absolute Gasteiger partial charge is 0.368 e. The zero-order chi connectivity index (χ0) is 15.7. The summed E-state index contributed by atoms with van der Waals surface area (Å²) in [6.45, 7) is 6.96. The van der Waals surface area contributed by atoms with Crippen molar-refractivity contribution >= 4 is 11.6 Å². The maximum Gasteiger partial charge on any atom is 0.191 e. The zero-order valence-corrected chi connectivity index (χ0v) is 14.1. The van der Waals surface area contributed by atoms with E-state index in [1.165, 1.54) is 5.56 Å². The fourth-order valence-corrected chi connectivity index (χ4v) is 3.29. The Balaban J connectivity index is 1.90. The third-order valence-corrected chi connectivity index (χ3v) is 4.16. The third-order valence-electron chi connectivity index (χ3n) is 3.93. The van der Waals surface area contributed by atoms with E-state index in [-0.39, 0.29) is 12.2 Å². The van der Waals surface area contributed by atoms with Gasteiger partial charge in [0.2, 0.25) is 0 Å². The maximum atomic E-state index is 6.13. The molecule has 1 fully saturated rings. The highest BCUT2D eigenvalue weighted by Crippen LogP contribution is 2.35. The first kappa shape index (κ1) is 16.2. The van der Waals surface area contributed by atoms with E-state index in [0.717, 1.165) is 23.4 Å². The molecule has 1 aromatic carbocycles. The number of aryl methyl sites for hydroxylation is 1. The lowest BCUT2D eigenvalue weighted by molar-refractivity contribution is -0.292. The molecular formula is C17H23ClO4. The Labute approximate surface area is 136 Å². The fraction of sp³-hybridized carbons (Fsp3) is 0.647. The molecule has 0 amide bonds. The van der Waals surface area contributed by atoms with Crippen LogP contribution in [-0.4, -0.2) is 31.4 Å². The molecule has 2 aliphatic rings. The molecule has 0 N–H and O–H groups in total. The summed E-state index contributed by atoms with van der Waals surface area (Å²) in [5.74, 6) is -0.706. The van der Waals surface area contributed by atoms with Crippen LogP contribution in [0.25, 0.3) is 0 Å². The number of hydrogen-bond donors (Lipinski definition) is 0. The van der Waals surface area contributed by atoms with Gasteiger partial charge in [-0.2, -0.15) is 0 Å². The van der Waals surface area contributed by atoms with Crippen LogP contribution in [-0.2, 0) is 25.4 Å². The van der Waals surface area contributed by atoms with E-state index in [0.29, 0.717) is 13.2 Å². The van der Waals surface area contributed by atoms with Crippen LogP contribution >= 0.6 is 11.6 Å². The summed E-state index contributed by atoms with van der Waals surface area (Å²) in [5, 5.41) is 0.749. The van der Waals surface area contributed by atoms with Crippen LogP contribution in [0, 0.1) is 0 Å². The van der Waals surface area contributed by atoms with Crippen molar-refractivity contribution in [1.29, 1.82) is 0 Å². The van der Waals surface area contributed by atoms with Gasteiger partial charge in [0.05, 0.1) is 12.7 Å². The van der Waals surface area contributed by atoms with Crippen LogP contribution in [0.2, 0.25) is 5.02 Å². The van der Waals surface area contributed by atoms with Gasteiger partial charge in [0.15, 0.2) is 12.1 Å². The second-order valence-corrected chi connectivity index (χ2v) is 6.82. The molecule has 1 aromatic rings. The number of ether oxygens (including phenoxy) is 4. The van der Waals surface area contributed by atoms with E-state index in [1.807, 2.05) is 39.0 Å². The Kier molecular flexibility index (Phi) is 4.76. The van der Waals surface area contributed by atoms with Crippen LogP contribution < -0.4 is 0 Å². The second-order valence-electron chi connectivity index (χ2n) is 6.39. The molecule has 0 aliphatic carbocycles. The topological polar surface area (TPSA) is 36.9 Å². The molecule has 0 saturated carbocycles. The van der Waals surface area contributed by atoms with Crippen molar-refractivity contribution in [3.05, 3.63) is 34.3 Å². The molecule has 4 nitrogen and oxygen atoms in total. The van der Waals surface area contributed by atoms with Crippen LogP contribution in [0.5, 0.6) is 0 Å². The Morgan fingerprint density at radius 1 is 1.18 bits per heavy atom. The summed E-state index contributed by atoms with van der Waals surface area (Å²) >= 11 is 6.13. The summed E-state index contributed by atoms with van der Waals surface area (Å²) in [6.07, 6.45) is 1.15. The minimum Gasteiger partial charge on any atom is -0.368 e. The van der Waals surface area contributed by atoms with Crippen LogP contribution in [0.1, 0.15) is 44.4 Å². The van der Waals surface area contributed by atoms with Gasteiger partial charge in [-0.05, 0) is 56.9 Å². The van der Waals surface area contributed by atoms with Crippen molar-refractivity contribution in [1.82, 2.24) is 0 Å². The Bertz CT molecular complexity index is 531. The molecule has 2 aliphatic heterocycles. The van der Waals surface area contributed by atoms with Gasteiger partial charge in [0, 0.05) is 11.6 Å². The Morgan fingerprint density at radius 2 is 2.00 bits per heavy atom. The van der Waals surface area contributed by atoms with Gasteiger partial charge >= 0.3 is 0 Å². The van der Waals surface area contributed by atoms with Crippen molar-refractivity contribution in [3.8, 4) is 0 Å². The molecule has 5 heteroatoms. The molecule has 0 radical (unpaired) electrons. The number of hydrogen-bond acceptors (Lipinski definition) is 4. The van der Waals surface area contributed by atoms with E-state index in [1.54, 1.807) is 0 Å². The quantitative estimate of drug-likeness (QED) is 0.785. The van der Waals surface area contributed by atoms with Crippen LogP contribution in [0.3, 0.4) is 0 Å². The van der Waals surface area contributed by atoms with Crippen molar-refractivity contribution in [2.75, 3.05) is 13.2 Å². The number of halogens is 1. The number of benzene rings is 1. The van der Waals surface area contributed by atoms with E-state index >= 15 is 0 Å². The molecule has 3 unspecified atom stereocenters. The smallest absolute Gasteiger partial charge is 0.191 e. The minimum atomic E-state index is -0.706. The van der Waals surface area contributed by atoms with Gasteiger partial charge in [-0.1, -0.05) is 17.7 Å². The maximum absolute atomic E-state index is 6.13. The van der Waals surface area contributed by atoms with Crippen LogP contribution in [0.4, 0.5) is 0 Å². The lowest BCUT2D eigenvalue weighted by Crippen LogP contribution is -2.36. The molecule has 3 rings (SSSR count). The summed E-state index contributed by atoms with van der Waals surface area (Å²) in [7, 11) is 0. The third kappa shape index (κ3) is 3.63. The number of fused-ring (bicyclic) bond motifs is 1. The number of rotatable bonds is 1.